The van der Waals surface area contributed by atoms with E-state index in [4.69, 9.17) is 9.84 Å². The molecule has 2 aromatic carbocycles. The summed E-state index contributed by atoms with van der Waals surface area (Å²) in [4.78, 5) is 24.2. The summed E-state index contributed by atoms with van der Waals surface area (Å²) in [5, 5.41) is 21.1. The van der Waals surface area contributed by atoms with Crippen molar-refractivity contribution < 1.29 is 24.5 Å². The minimum atomic E-state index is -1.05. The second kappa shape index (κ2) is 7.88. The lowest BCUT2D eigenvalue weighted by molar-refractivity contribution is 0.0696. The van der Waals surface area contributed by atoms with Crippen molar-refractivity contribution in [3.8, 4) is 21.9 Å². The number of phenolic OH excluding ortho intramolecular Hbond substituents is 1. The van der Waals surface area contributed by atoms with E-state index in [0.717, 1.165) is 10.4 Å². The zero-order valence-corrected chi connectivity index (χ0v) is 15.2. The highest BCUT2D eigenvalue weighted by Gasteiger charge is 2.12. The molecular formula is C21H16O5S. The van der Waals surface area contributed by atoms with Gasteiger partial charge in [-0.05, 0) is 41.8 Å². The first-order chi connectivity index (χ1) is 13.0. The number of ketones is 1. The van der Waals surface area contributed by atoms with Crippen LogP contribution in [-0.2, 0) is 0 Å². The molecule has 3 rings (SSSR count). The number of aromatic hydroxyl groups is 1. The van der Waals surface area contributed by atoms with E-state index in [1.54, 1.807) is 17.4 Å². The fraction of sp³-hybridized carbons (Fsp3) is 0.0476. The molecule has 0 aliphatic rings. The molecule has 5 nitrogen and oxygen atoms in total. The predicted octanol–water partition coefficient (Wildman–Crippen LogP) is 4.72. The number of benzene rings is 2. The van der Waals surface area contributed by atoms with Crippen LogP contribution in [0.3, 0.4) is 0 Å². The van der Waals surface area contributed by atoms with Gasteiger partial charge >= 0.3 is 5.97 Å². The fourth-order valence-electron chi connectivity index (χ4n) is 2.55. The number of carboxylic acids is 1. The number of ether oxygens (including phenoxy) is 1. The van der Waals surface area contributed by atoms with Gasteiger partial charge in [-0.2, -0.15) is 0 Å². The van der Waals surface area contributed by atoms with E-state index in [2.05, 4.69) is 0 Å². The van der Waals surface area contributed by atoms with Gasteiger partial charge < -0.3 is 14.9 Å². The van der Waals surface area contributed by atoms with Gasteiger partial charge in [0.15, 0.2) is 5.78 Å². The van der Waals surface area contributed by atoms with Crippen molar-refractivity contribution in [3.05, 3.63) is 76.7 Å². The number of carbonyl (C=O) groups excluding carboxylic acids is 1. The highest BCUT2D eigenvalue weighted by atomic mass is 32.1. The first-order valence-electron chi connectivity index (χ1n) is 8.00. The Labute approximate surface area is 159 Å². The lowest BCUT2D eigenvalue weighted by Gasteiger charge is -2.10. The number of methoxy groups -OCH3 is 1. The number of hydrogen-bond donors (Lipinski definition) is 2. The van der Waals surface area contributed by atoms with E-state index in [1.165, 1.54) is 49.6 Å². The van der Waals surface area contributed by atoms with Crippen LogP contribution in [0.25, 0.3) is 16.5 Å². The van der Waals surface area contributed by atoms with Gasteiger partial charge in [0.25, 0.3) is 0 Å². The molecule has 27 heavy (non-hydrogen) atoms. The molecule has 0 unspecified atom stereocenters. The van der Waals surface area contributed by atoms with Crippen LogP contribution in [0.2, 0.25) is 0 Å². The third-order valence-corrected chi connectivity index (χ3v) is 4.87. The molecule has 2 N–H and O–H groups in total. The minimum absolute atomic E-state index is 0.00238. The van der Waals surface area contributed by atoms with Crippen LogP contribution >= 0.6 is 11.3 Å². The number of allylic oxidation sites excluding steroid dienone is 1. The van der Waals surface area contributed by atoms with E-state index < -0.39 is 5.97 Å². The Morgan fingerprint density at radius 1 is 1.07 bits per heavy atom. The average molecular weight is 380 g/mol. The summed E-state index contributed by atoms with van der Waals surface area (Å²) in [7, 11) is 1.53. The Morgan fingerprint density at radius 2 is 1.78 bits per heavy atom. The molecule has 6 heteroatoms. The van der Waals surface area contributed by atoms with E-state index in [-0.39, 0.29) is 17.1 Å². The predicted molar refractivity (Wildman–Crippen MR) is 105 cm³/mol. The fourth-order valence-corrected chi connectivity index (χ4v) is 3.30. The quantitative estimate of drug-likeness (QED) is 0.477. The van der Waals surface area contributed by atoms with Crippen molar-refractivity contribution >= 4 is 29.2 Å². The molecule has 1 aromatic heterocycles. The van der Waals surface area contributed by atoms with Crippen molar-refractivity contribution in [1.29, 1.82) is 0 Å². The first-order valence-corrected chi connectivity index (χ1v) is 8.88. The molecule has 0 aliphatic carbocycles. The summed E-state index contributed by atoms with van der Waals surface area (Å²) in [5.74, 6) is -0.797. The maximum absolute atomic E-state index is 12.3. The molecule has 0 fully saturated rings. The van der Waals surface area contributed by atoms with Crippen LogP contribution < -0.4 is 4.74 Å². The maximum atomic E-state index is 12.3. The second-order valence-corrected chi connectivity index (χ2v) is 6.62. The van der Waals surface area contributed by atoms with Crippen molar-refractivity contribution in [2.24, 2.45) is 0 Å². The van der Waals surface area contributed by atoms with E-state index in [9.17, 15) is 14.7 Å². The zero-order valence-electron chi connectivity index (χ0n) is 14.4. The molecule has 0 atom stereocenters. The van der Waals surface area contributed by atoms with Crippen LogP contribution in [0.15, 0.2) is 60.0 Å². The third-order valence-electron chi connectivity index (χ3n) is 3.97. The molecule has 136 valence electrons. The summed E-state index contributed by atoms with van der Waals surface area (Å²) in [6.07, 6.45) is 2.87. The van der Waals surface area contributed by atoms with E-state index in [0.29, 0.717) is 16.9 Å². The Bertz CT molecular complexity index is 1000. The summed E-state index contributed by atoms with van der Waals surface area (Å²) in [6, 6.07) is 12.8. The summed E-state index contributed by atoms with van der Waals surface area (Å²) >= 11 is 1.54. The van der Waals surface area contributed by atoms with Gasteiger partial charge in [0, 0.05) is 27.6 Å². The lowest BCUT2D eigenvalue weighted by atomic mass is 10.0. The van der Waals surface area contributed by atoms with Gasteiger partial charge in [-0.25, -0.2) is 4.79 Å². The zero-order chi connectivity index (χ0) is 19.4. The average Bonchev–Trinajstić information content (AvgIpc) is 3.21. The molecule has 0 saturated carbocycles. The third kappa shape index (κ3) is 4.07. The van der Waals surface area contributed by atoms with Crippen LogP contribution in [-0.4, -0.2) is 29.1 Å². The van der Waals surface area contributed by atoms with Gasteiger partial charge in [0.1, 0.15) is 11.5 Å². The Kier molecular flexibility index (Phi) is 5.38. The summed E-state index contributed by atoms with van der Waals surface area (Å²) in [6.45, 7) is 0. The van der Waals surface area contributed by atoms with Crippen molar-refractivity contribution in [2.45, 2.75) is 0 Å². The first kappa shape index (κ1) is 18.4. The Hall–Kier alpha value is -3.38. The minimum Gasteiger partial charge on any atom is -0.507 e. The van der Waals surface area contributed by atoms with Gasteiger partial charge in [-0.15, -0.1) is 11.3 Å². The van der Waals surface area contributed by atoms with Crippen LogP contribution in [0.4, 0.5) is 0 Å². The van der Waals surface area contributed by atoms with Crippen molar-refractivity contribution in [2.75, 3.05) is 7.11 Å². The smallest absolute Gasteiger partial charge is 0.335 e. The van der Waals surface area contributed by atoms with Gasteiger partial charge in [0.05, 0.1) is 12.7 Å². The number of rotatable bonds is 6. The number of carboxylic acid groups (broad SMARTS) is 1. The topological polar surface area (TPSA) is 83.8 Å². The highest BCUT2D eigenvalue weighted by Crippen LogP contribution is 2.38. The van der Waals surface area contributed by atoms with Gasteiger partial charge in [-0.3, -0.25) is 4.79 Å². The number of carbonyl (C=O) groups is 2. The molecule has 3 aromatic rings. The number of hydrogen-bond acceptors (Lipinski definition) is 5. The molecule has 0 spiro atoms. The Morgan fingerprint density at radius 3 is 2.37 bits per heavy atom. The number of thiophene rings is 1. The van der Waals surface area contributed by atoms with Crippen molar-refractivity contribution in [3.63, 3.8) is 0 Å². The molecule has 0 aliphatic heterocycles. The standard InChI is InChI=1S/C21H16O5S/c1-26-19-12-18(23)15(11-16(19)20-3-2-10-27-20)8-9-17(22)13-4-6-14(7-5-13)21(24)25/h2-12,23H,1H3,(H,24,25)/b9-8+. The van der Waals surface area contributed by atoms with Crippen LogP contribution in [0, 0.1) is 0 Å². The molecule has 0 saturated heterocycles. The molecule has 0 radical (unpaired) electrons. The highest BCUT2D eigenvalue weighted by molar-refractivity contribution is 7.13. The van der Waals surface area contributed by atoms with Gasteiger partial charge in [0.2, 0.25) is 0 Å². The number of phenols is 1. The molecule has 0 bridgehead atoms. The molecule has 0 amide bonds. The van der Waals surface area contributed by atoms with Crippen molar-refractivity contribution in [1.82, 2.24) is 0 Å². The second-order valence-electron chi connectivity index (χ2n) is 5.67. The summed E-state index contributed by atoms with van der Waals surface area (Å²) < 4.78 is 5.34. The molecular weight excluding hydrogens is 364 g/mol. The maximum Gasteiger partial charge on any atom is 0.335 e. The Balaban J connectivity index is 1.89. The normalized spacial score (nSPS) is 10.9. The molecule has 1 heterocycles. The lowest BCUT2D eigenvalue weighted by Crippen LogP contribution is -1.99. The van der Waals surface area contributed by atoms with Crippen LogP contribution in [0.5, 0.6) is 11.5 Å². The summed E-state index contributed by atoms with van der Waals surface area (Å²) in [5.41, 5.74) is 1.78. The van der Waals surface area contributed by atoms with E-state index in [1.807, 2.05) is 17.5 Å². The number of aromatic carboxylic acids is 1. The van der Waals surface area contributed by atoms with Crippen LogP contribution in [0.1, 0.15) is 26.3 Å². The monoisotopic (exact) mass is 380 g/mol. The SMILES string of the molecule is COc1cc(O)c(/C=C/C(=O)c2ccc(C(=O)O)cc2)cc1-c1cccs1. The largest absolute Gasteiger partial charge is 0.507 e. The van der Waals surface area contributed by atoms with Gasteiger partial charge in [-0.1, -0.05) is 18.2 Å². The van der Waals surface area contributed by atoms with E-state index >= 15 is 0 Å².